The lowest BCUT2D eigenvalue weighted by Gasteiger charge is -2.27. The van der Waals surface area contributed by atoms with E-state index in [0.29, 0.717) is 17.8 Å². The fourth-order valence-electron chi connectivity index (χ4n) is 3.68. The van der Waals surface area contributed by atoms with Gasteiger partial charge in [-0.15, -0.1) is 0 Å². The summed E-state index contributed by atoms with van der Waals surface area (Å²) in [4.78, 5) is 13.6. The van der Waals surface area contributed by atoms with Gasteiger partial charge in [-0.05, 0) is 38.4 Å². The van der Waals surface area contributed by atoms with E-state index >= 15 is 0 Å². The minimum absolute atomic E-state index is 0.571. The molecule has 5 nitrogen and oxygen atoms in total. The predicted molar refractivity (Wildman–Crippen MR) is 90.0 cm³/mol. The summed E-state index contributed by atoms with van der Waals surface area (Å²) in [6, 6.07) is 11.1. The van der Waals surface area contributed by atoms with Crippen molar-refractivity contribution in [1.82, 2.24) is 14.9 Å². The summed E-state index contributed by atoms with van der Waals surface area (Å²) < 4.78 is 5.66. The molecular formula is C18H22N4O. The number of hydrogen-bond donors (Lipinski definition) is 0. The second-order valence-corrected chi connectivity index (χ2v) is 6.41. The quantitative estimate of drug-likeness (QED) is 0.872. The summed E-state index contributed by atoms with van der Waals surface area (Å²) in [6.07, 6.45) is 7.53. The van der Waals surface area contributed by atoms with Crippen LogP contribution in [0.4, 0.5) is 5.69 Å². The largest absolute Gasteiger partial charge is 0.421 e. The van der Waals surface area contributed by atoms with Crippen molar-refractivity contribution in [2.75, 3.05) is 25.0 Å². The van der Waals surface area contributed by atoms with Crippen molar-refractivity contribution < 1.29 is 4.74 Å². The molecule has 2 aliphatic rings. The maximum absolute atomic E-state index is 5.66. The Bertz CT molecular complexity index is 646. The van der Waals surface area contributed by atoms with Gasteiger partial charge in [0.25, 0.3) is 0 Å². The van der Waals surface area contributed by atoms with Gasteiger partial charge in [0.2, 0.25) is 11.8 Å². The monoisotopic (exact) mass is 310 g/mol. The first-order valence-corrected chi connectivity index (χ1v) is 8.31. The number of nitrogens with zero attached hydrogens (tertiary/aromatic N) is 4. The second kappa shape index (κ2) is 6.16. The molecule has 2 fully saturated rings. The minimum atomic E-state index is 0.571. The smallest absolute Gasteiger partial charge is 0.221 e. The Balaban J connectivity index is 1.46. The zero-order valence-corrected chi connectivity index (χ0v) is 13.4. The first-order valence-electron chi connectivity index (χ1n) is 8.31. The van der Waals surface area contributed by atoms with E-state index in [1.54, 1.807) is 6.20 Å². The Hall–Kier alpha value is -2.14. The molecule has 2 aliphatic heterocycles. The number of ether oxygens (including phenoxy) is 1. The highest BCUT2D eigenvalue weighted by Crippen LogP contribution is 2.31. The number of hydrogen-bond acceptors (Lipinski definition) is 5. The van der Waals surface area contributed by atoms with Crippen LogP contribution in [0.3, 0.4) is 0 Å². The number of rotatable bonds is 3. The third-order valence-corrected chi connectivity index (χ3v) is 5.08. The lowest BCUT2D eigenvalue weighted by molar-refractivity contribution is 0.254. The molecule has 5 heteroatoms. The van der Waals surface area contributed by atoms with Crippen molar-refractivity contribution in [1.29, 1.82) is 0 Å². The topological polar surface area (TPSA) is 41.5 Å². The van der Waals surface area contributed by atoms with Crippen molar-refractivity contribution in [3.8, 4) is 11.8 Å². The molecule has 0 aliphatic carbocycles. The normalized spacial score (nSPS) is 24.5. The number of anilines is 1. The van der Waals surface area contributed by atoms with Gasteiger partial charge in [-0.25, -0.2) is 9.97 Å². The van der Waals surface area contributed by atoms with E-state index in [2.05, 4.69) is 32.9 Å². The second-order valence-electron chi connectivity index (χ2n) is 6.41. The van der Waals surface area contributed by atoms with Gasteiger partial charge in [0, 0.05) is 43.5 Å². The van der Waals surface area contributed by atoms with Crippen molar-refractivity contribution in [2.24, 2.45) is 0 Å². The van der Waals surface area contributed by atoms with E-state index in [-0.39, 0.29) is 0 Å². The Morgan fingerprint density at radius 3 is 2.65 bits per heavy atom. The molecule has 0 aromatic carbocycles. The van der Waals surface area contributed by atoms with Crippen molar-refractivity contribution in [3.05, 3.63) is 42.7 Å². The van der Waals surface area contributed by atoms with Gasteiger partial charge in [0.1, 0.15) is 0 Å². The van der Waals surface area contributed by atoms with Crippen LogP contribution in [0.5, 0.6) is 11.8 Å². The summed E-state index contributed by atoms with van der Waals surface area (Å²) in [6.45, 7) is 2.20. The first-order chi connectivity index (χ1) is 11.3. The molecule has 0 amide bonds. The molecule has 2 aromatic heterocycles. The maximum Gasteiger partial charge on any atom is 0.221 e. The minimum Gasteiger partial charge on any atom is -0.421 e. The Labute approximate surface area is 136 Å². The summed E-state index contributed by atoms with van der Waals surface area (Å²) >= 11 is 0. The molecule has 120 valence electrons. The van der Waals surface area contributed by atoms with Crippen LogP contribution in [0.1, 0.15) is 19.3 Å². The van der Waals surface area contributed by atoms with Crippen LogP contribution in [-0.2, 0) is 0 Å². The highest BCUT2D eigenvalue weighted by molar-refractivity contribution is 5.46. The van der Waals surface area contributed by atoms with E-state index in [1.807, 2.05) is 30.5 Å². The number of aromatic nitrogens is 2. The van der Waals surface area contributed by atoms with Gasteiger partial charge >= 0.3 is 0 Å². The summed E-state index contributed by atoms with van der Waals surface area (Å²) in [5.74, 6) is 1.15. The van der Waals surface area contributed by atoms with Crippen LogP contribution in [0, 0.1) is 0 Å². The number of pyridine rings is 2. The Morgan fingerprint density at radius 2 is 1.87 bits per heavy atom. The van der Waals surface area contributed by atoms with Crippen LogP contribution in [0.2, 0.25) is 0 Å². The first kappa shape index (κ1) is 14.5. The molecule has 2 atom stereocenters. The Kier molecular flexibility index (Phi) is 3.87. The standard InChI is InChI=1S/C18H22N4O/c1-21-14-5-6-16(21)13-22(11-9-14)15-7-8-18(20-12-15)23-17-4-2-3-10-19-17/h2-4,7-8,10,12,14,16H,5-6,9,11,13H2,1H3. The molecule has 0 spiro atoms. The molecule has 4 heterocycles. The average Bonchev–Trinajstić information content (AvgIpc) is 2.82. The van der Waals surface area contributed by atoms with E-state index in [0.717, 1.165) is 19.1 Å². The summed E-state index contributed by atoms with van der Waals surface area (Å²) in [7, 11) is 2.27. The fourth-order valence-corrected chi connectivity index (χ4v) is 3.68. The fraction of sp³-hybridized carbons (Fsp3) is 0.444. The zero-order chi connectivity index (χ0) is 15.6. The molecule has 4 rings (SSSR count). The van der Waals surface area contributed by atoms with Crippen LogP contribution in [-0.4, -0.2) is 47.1 Å². The van der Waals surface area contributed by atoms with Crippen LogP contribution < -0.4 is 9.64 Å². The van der Waals surface area contributed by atoms with E-state index < -0.39 is 0 Å². The molecular weight excluding hydrogens is 288 g/mol. The van der Waals surface area contributed by atoms with Crippen molar-refractivity contribution in [2.45, 2.75) is 31.3 Å². The highest BCUT2D eigenvalue weighted by atomic mass is 16.5. The van der Waals surface area contributed by atoms with E-state index in [9.17, 15) is 0 Å². The Morgan fingerprint density at radius 1 is 1.00 bits per heavy atom. The molecule has 2 aromatic rings. The van der Waals surface area contributed by atoms with Crippen LogP contribution in [0.15, 0.2) is 42.7 Å². The predicted octanol–water partition coefficient (Wildman–Crippen LogP) is 2.94. The zero-order valence-electron chi connectivity index (χ0n) is 13.4. The number of likely N-dealkylation sites (N-methyl/N-ethyl adjacent to an activating group) is 1. The van der Waals surface area contributed by atoms with Gasteiger partial charge in [-0.2, -0.15) is 0 Å². The van der Waals surface area contributed by atoms with E-state index in [4.69, 9.17) is 4.74 Å². The van der Waals surface area contributed by atoms with Crippen LogP contribution in [0.25, 0.3) is 0 Å². The summed E-state index contributed by atoms with van der Waals surface area (Å²) in [5.41, 5.74) is 1.18. The highest BCUT2D eigenvalue weighted by Gasteiger charge is 2.34. The third-order valence-electron chi connectivity index (χ3n) is 5.08. The van der Waals surface area contributed by atoms with Crippen molar-refractivity contribution in [3.63, 3.8) is 0 Å². The molecule has 2 bridgehead atoms. The molecule has 2 saturated heterocycles. The van der Waals surface area contributed by atoms with Gasteiger partial charge < -0.3 is 9.64 Å². The molecule has 23 heavy (non-hydrogen) atoms. The average molecular weight is 310 g/mol. The molecule has 0 saturated carbocycles. The molecule has 0 N–H and O–H groups in total. The number of fused-ring (bicyclic) bond motifs is 2. The maximum atomic E-state index is 5.66. The van der Waals surface area contributed by atoms with Gasteiger partial charge in [0.15, 0.2) is 0 Å². The molecule has 2 unspecified atom stereocenters. The van der Waals surface area contributed by atoms with Crippen molar-refractivity contribution >= 4 is 5.69 Å². The lowest BCUT2D eigenvalue weighted by Crippen LogP contribution is -2.36. The van der Waals surface area contributed by atoms with E-state index in [1.165, 1.54) is 24.9 Å². The summed E-state index contributed by atoms with van der Waals surface area (Å²) in [5, 5.41) is 0. The third kappa shape index (κ3) is 3.01. The SMILES string of the molecule is CN1C2CCC1CN(c1ccc(Oc3ccccn3)nc1)CC2. The lowest BCUT2D eigenvalue weighted by atomic mass is 10.1. The van der Waals surface area contributed by atoms with Gasteiger partial charge in [0.05, 0.1) is 11.9 Å². The van der Waals surface area contributed by atoms with Gasteiger partial charge in [-0.1, -0.05) is 6.07 Å². The van der Waals surface area contributed by atoms with Crippen LogP contribution >= 0.6 is 0 Å². The van der Waals surface area contributed by atoms with Gasteiger partial charge in [-0.3, -0.25) is 4.90 Å². The molecule has 0 radical (unpaired) electrons.